The Hall–Kier alpha value is -4.48. The number of rotatable bonds is 57. The molecule has 0 spiro atoms. The molecule has 0 aromatic rings. The largest absolute Gasteiger partial charge is 0.462 e. The molecule has 0 rings (SSSR count). The van der Waals surface area contributed by atoms with Crippen LogP contribution in [0.5, 0.6) is 0 Å². The van der Waals surface area contributed by atoms with E-state index in [0.717, 1.165) is 122 Å². The van der Waals surface area contributed by atoms with Crippen LogP contribution in [0.3, 0.4) is 0 Å². The summed E-state index contributed by atoms with van der Waals surface area (Å²) in [6, 6.07) is 0. The maximum absolute atomic E-state index is 12.3. The molecule has 1 atom stereocenters. The van der Waals surface area contributed by atoms with E-state index >= 15 is 0 Å². The van der Waals surface area contributed by atoms with Gasteiger partial charge in [-0.2, -0.15) is 0 Å². The van der Waals surface area contributed by atoms with E-state index < -0.39 is 6.10 Å². The molecule has 5 heteroatoms. The smallest absolute Gasteiger partial charge is 0.306 e. The molecule has 0 saturated carbocycles. The van der Waals surface area contributed by atoms with Crippen LogP contribution in [0.15, 0.2) is 158 Å². The van der Waals surface area contributed by atoms with Crippen molar-refractivity contribution in [1.82, 2.24) is 0 Å². The van der Waals surface area contributed by atoms with E-state index in [2.05, 4.69) is 172 Å². The highest BCUT2D eigenvalue weighted by molar-refractivity contribution is 5.70. The van der Waals surface area contributed by atoms with Gasteiger partial charge < -0.3 is 14.6 Å². The minimum atomic E-state index is -0.806. The second-order valence-electron chi connectivity index (χ2n) is 20.7. The lowest BCUT2D eigenvalue weighted by atomic mass is 10.0. The fraction of sp³-hybridized carbons (Fsp3) is 0.616. The van der Waals surface area contributed by atoms with Crippen molar-refractivity contribution in [3.63, 3.8) is 0 Å². The van der Waals surface area contributed by atoms with Gasteiger partial charge in [0.15, 0.2) is 6.10 Å². The number of hydrogen-bond acceptors (Lipinski definition) is 5. The van der Waals surface area contributed by atoms with Gasteiger partial charge in [-0.3, -0.25) is 9.59 Å². The molecule has 0 saturated heterocycles. The van der Waals surface area contributed by atoms with Crippen LogP contribution < -0.4 is 0 Å². The van der Waals surface area contributed by atoms with Crippen molar-refractivity contribution in [3.05, 3.63) is 158 Å². The molecule has 0 radical (unpaired) electrons. The van der Waals surface area contributed by atoms with Crippen LogP contribution in [-0.2, 0) is 19.1 Å². The number of allylic oxidation sites excluding steroid dienone is 26. The van der Waals surface area contributed by atoms with Gasteiger partial charge in [0.1, 0.15) is 6.61 Å². The highest BCUT2D eigenvalue weighted by atomic mass is 16.6. The molecule has 5 nitrogen and oxygen atoms in total. The highest BCUT2D eigenvalue weighted by Crippen LogP contribution is 2.16. The Morgan fingerprint density at radius 3 is 0.795 bits per heavy atom. The Kier molecular flexibility index (Phi) is 63.0. The first-order valence-corrected chi connectivity index (χ1v) is 32.0. The number of unbranched alkanes of at least 4 members (excludes halogenated alkanes) is 23. The quantitative estimate of drug-likeness (QED) is 0.0373. The van der Waals surface area contributed by atoms with Gasteiger partial charge in [0.25, 0.3) is 0 Å². The number of aliphatic hydroxyl groups is 1. The topological polar surface area (TPSA) is 72.8 Å². The molecule has 0 aliphatic carbocycles. The summed E-state index contributed by atoms with van der Waals surface area (Å²) < 4.78 is 10.7. The Balaban J connectivity index is 3.55. The third kappa shape index (κ3) is 64.0. The standard InChI is InChI=1S/C73H118O5/c1-3-5-7-9-11-13-15-17-19-21-23-25-27-29-31-32-33-34-35-36-37-38-39-40-42-43-45-47-49-51-53-55-57-59-61-63-65-67-72(75)77-70-71(69-74)78-73(76)68-66-64-62-60-58-56-54-52-50-48-46-44-41-30-28-26-24-22-20-18-16-14-12-10-8-6-4-2/h5-8,11-14,17-20,23-26,29-31,41,46,48,52,54,58,60,71,74H,3-4,9-10,15-16,21-22,27-28,32-40,42-45,47,49-51,53,55-57,59,61-70H2,1-2H3/b7-5-,8-6-,13-11-,14-12-,19-17-,20-18-,25-23-,26-24-,31-29-,41-30-,48-46-,54-52-,60-58-. The summed E-state index contributed by atoms with van der Waals surface area (Å²) in [7, 11) is 0. The first-order chi connectivity index (χ1) is 38.6. The van der Waals surface area contributed by atoms with Gasteiger partial charge in [0.2, 0.25) is 0 Å². The van der Waals surface area contributed by atoms with Crippen molar-refractivity contribution in [3.8, 4) is 0 Å². The van der Waals surface area contributed by atoms with E-state index in [1.165, 1.54) is 122 Å². The van der Waals surface area contributed by atoms with Crippen molar-refractivity contribution >= 4 is 11.9 Å². The van der Waals surface area contributed by atoms with Gasteiger partial charge in [0.05, 0.1) is 6.61 Å². The van der Waals surface area contributed by atoms with Crippen molar-refractivity contribution in [2.45, 2.75) is 277 Å². The molecule has 78 heavy (non-hydrogen) atoms. The first-order valence-electron chi connectivity index (χ1n) is 32.0. The summed E-state index contributed by atoms with van der Waals surface area (Å²) in [6.07, 6.45) is 102. The molecule has 440 valence electrons. The second-order valence-corrected chi connectivity index (χ2v) is 20.7. The van der Waals surface area contributed by atoms with Crippen LogP contribution in [0.1, 0.15) is 271 Å². The minimum absolute atomic E-state index is 0.0909. The lowest BCUT2D eigenvalue weighted by Crippen LogP contribution is -2.28. The fourth-order valence-corrected chi connectivity index (χ4v) is 8.60. The Bertz CT molecular complexity index is 1690. The normalized spacial score (nSPS) is 13.3. The molecule has 0 heterocycles. The molecule has 0 amide bonds. The van der Waals surface area contributed by atoms with Gasteiger partial charge in [-0.05, 0) is 122 Å². The highest BCUT2D eigenvalue weighted by Gasteiger charge is 2.16. The predicted molar refractivity (Wildman–Crippen MR) is 343 cm³/mol. The molecule has 1 unspecified atom stereocenters. The van der Waals surface area contributed by atoms with Crippen molar-refractivity contribution in [1.29, 1.82) is 0 Å². The van der Waals surface area contributed by atoms with Gasteiger partial charge in [-0.15, -0.1) is 0 Å². The van der Waals surface area contributed by atoms with E-state index in [0.29, 0.717) is 12.8 Å². The Morgan fingerprint density at radius 1 is 0.295 bits per heavy atom. The predicted octanol–water partition coefficient (Wildman–Crippen LogP) is 22.3. The zero-order valence-electron chi connectivity index (χ0n) is 50.4. The summed E-state index contributed by atoms with van der Waals surface area (Å²) in [5.41, 5.74) is 0. The van der Waals surface area contributed by atoms with Crippen molar-refractivity contribution < 1.29 is 24.2 Å². The SMILES string of the molecule is CC/C=C\C/C=C\C/C=C\C/C=C\C/C=C\C/C=C\C/C=C\C/C=C\CCCCC(=O)OC(CO)COC(=O)CCCCCCCCCCCCCCCCCCCCCCC/C=C\C/C=C\C/C=C\C/C=C\C/C=C\CC. The van der Waals surface area contributed by atoms with Crippen LogP contribution in [-0.4, -0.2) is 36.4 Å². The third-order valence-electron chi connectivity index (χ3n) is 13.3. The number of carbonyl (C=O) groups is 2. The number of carbonyl (C=O) groups excluding carboxylic acids is 2. The van der Waals surface area contributed by atoms with Gasteiger partial charge in [0, 0.05) is 12.8 Å². The third-order valence-corrected chi connectivity index (χ3v) is 13.3. The maximum atomic E-state index is 12.3. The zero-order chi connectivity index (χ0) is 56.2. The van der Waals surface area contributed by atoms with Crippen molar-refractivity contribution in [2.24, 2.45) is 0 Å². The minimum Gasteiger partial charge on any atom is -0.462 e. The molecule has 0 aliphatic heterocycles. The summed E-state index contributed by atoms with van der Waals surface area (Å²) in [4.78, 5) is 24.6. The number of aliphatic hydroxyl groups excluding tert-OH is 1. The van der Waals surface area contributed by atoms with E-state index in [9.17, 15) is 14.7 Å². The van der Waals surface area contributed by atoms with Crippen LogP contribution in [0, 0.1) is 0 Å². The summed E-state index contributed by atoms with van der Waals surface area (Å²) >= 11 is 0. The maximum Gasteiger partial charge on any atom is 0.306 e. The molecule has 0 aliphatic rings. The van der Waals surface area contributed by atoms with Gasteiger partial charge in [-0.1, -0.05) is 294 Å². The summed E-state index contributed by atoms with van der Waals surface area (Å²) in [6.45, 7) is 3.88. The zero-order valence-corrected chi connectivity index (χ0v) is 50.4. The van der Waals surface area contributed by atoms with Crippen molar-refractivity contribution in [2.75, 3.05) is 13.2 Å². The van der Waals surface area contributed by atoms with E-state index in [4.69, 9.17) is 9.47 Å². The van der Waals surface area contributed by atoms with E-state index in [-0.39, 0.29) is 25.2 Å². The van der Waals surface area contributed by atoms with Crippen LogP contribution in [0.2, 0.25) is 0 Å². The Morgan fingerprint density at radius 2 is 0.513 bits per heavy atom. The molecule has 1 N–H and O–H groups in total. The average molecular weight is 1080 g/mol. The first kappa shape index (κ1) is 73.5. The van der Waals surface area contributed by atoms with E-state index in [1.54, 1.807) is 0 Å². The molecule has 0 aromatic carbocycles. The lowest BCUT2D eigenvalue weighted by Gasteiger charge is -2.15. The lowest BCUT2D eigenvalue weighted by molar-refractivity contribution is -0.161. The van der Waals surface area contributed by atoms with Crippen LogP contribution >= 0.6 is 0 Å². The fourth-order valence-electron chi connectivity index (χ4n) is 8.60. The summed E-state index contributed by atoms with van der Waals surface area (Å²) in [5, 5.41) is 9.67. The second kappa shape index (κ2) is 66.8. The average Bonchev–Trinajstić information content (AvgIpc) is 3.44. The van der Waals surface area contributed by atoms with Gasteiger partial charge in [-0.25, -0.2) is 0 Å². The molecule has 0 aromatic heterocycles. The van der Waals surface area contributed by atoms with Gasteiger partial charge >= 0.3 is 11.9 Å². The van der Waals surface area contributed by atoms with Crippen LogP contribution in [0.25, 0.3) is 0 Å². The molecular formula is C73H118O5. The molecular weight excluding hydrogens is 957 g/mol. The number of hydrogen-bond donors (Lipinski definition) is 1. The number of ether oxygens (including phenoxy) is 2. The van der Waals surface area contributed by atoms with Crippen LogP contribution in [0.4, 0.5) is 0 Å². The molecule has 0 bridgehead atoms. The number of esters is 2. The Labute approximate surface area is 481 Å². The van der Waals surface area contributed by atoms with E-state index in [1.807, 2.05) is 0 Å². The molecule has 0 fully saturated rings. The monoisotopic (exact) mass is 1070 g/mol. The summed E-state index contributed by atoms with van der Waals surface area (Å²) in [5.74, 6) is -0.644.